The molecule has 0 unspecified atom stereocenters. The standard InChI is InChI=1S/C21H27N3O3/c1-14-11-19(16(3)27-14)21(25)23-22-15(2)17-7-8-20(26-4)18(12-17)13-24-9-5-6-10-24/h7-8,11-12H,5-6,9-10,13H2,1-4H3,(H,23,25)/b22-15-. The summed E-state index contributed by atoms with van der Waals surface area (Å²) in [4.78, 5) is 14.7. The van der Waals surface area contributed by atoms with Gasteiger partial charge in [-0.05, 0) is 76.5 Å². The third kappa shape index (κ3) is 4.57. The minimum Gasteiger partial charge on any atom is -0.496 e. The highest BCUT2D eigenvalue weighted by Gasteiger charge is 2.16. The number of hydrazone groups is 1. The van der Waals surface area contributed by atoms with Crippen molar-refractivity contribution in [2.24, 2.45) is 5.10 Å². The second-order valence-corrected chi connectivity index (χ2v) is 6.97. The van der Waals surface area contributed by atoms with Crippen LogP contribution in [0.4, 0.5) is 0 Å². The Morgan fingerprint density at radius 1 is 1.26 bits per heavy atom. The lowest BCUT2D eigenvalue weighted by molar-refractivity contribution is 0.0953. The number of amides is 1. The molecule has 2 aromatic rings. The molecule has 0 saturated carbocycles. The van der Waals surface area contributed by atoms with E-state index in [9.17, 15) is 4.79 Å². The van der Waals surface area contributed by atoms with E-state index in [4.69, 9.17) is 9.15 Å². The number of hydrogen-bond donors (Lipinski definition) is 1. The number of furan rings is 1. The molecule has 1 aliphatic heterocycles. The minimum absolute atomic E-state index is 0.269. The zero-order valence-electron chi connectivity index (χ0n) is 16.5. The van der Waals surface area contributed by atoms with Crippen LogP contribution >= 0.6 is 0 Å². The van der Waals surface area contributed by atoms with Crippen molar-refractivity contribution in [2.45, 2.75) is 40.2 Å². The smallest absolute Gasteiger partial charge is 0.274 e. The molecule has 6 heteroatoms. The van der Waals surface area contributed by atoms with Gasteiger partial charge in [-0.3, -0.25) is 9.69 Å². The fraction of sp³-hybridized carbons (Fsp3) is 0.429. The highest BCUT2D eigenvalue weighted by Crippen LogP contribution is 2.24. The summed E-state index contributed by atoms with van der Waals surface area (Å²) < 4.78 is 10.9. The summed E-state index contributed by atoms with van der Waals surface area (Å²) in [7, 11) is 1.69. The molecule has 6 nitrogen and oxygen atoms in total. The molecule has 1 fully saturated rings. The zero-order chi connectivity index (χ0) is 19.4. The summed E-state index contributed by atoms with van der Waals surface area (Å²) in [5, 5.41) is 4.27. The Morgan fingerprint density at radius 3 is 2.63 bits per heavy atom. The molecular weight excluding hydrogens is 342 g/mol. The van der Waals surface area contributed by atoms with Crippen molar-refractivity contribution in [3.63, 3.8) is 0 Å². The Hall–Kier alpha value is -2.60. The monoisotopic (exact) mass is 369 g/mol. The summed E-state index contributed by atoms with van der Waals surface area (Å²) in [5.41, 5.74) is 5.97. The normalized spacial score (nSPS) is 15.2. The number of methoxy groups -OCH3 is 1. The number of hydrogen-bond acceptors (Lipinski definition) is 5. The van der Waals surface area contributed by atoms with Crippen molar-refractivity contribution in [2.75, 3.05) is 20.2 Å². The lowest BCUT2D eigenvalue weighted by Gasteiger charge is -2.17. The number of ether oxygens (including phenoxy) is 1. The number of carbonyl (C=O) groups is 1. The van der Waals surface area contributed by atoms with Gasteiger partial charge in [-0.1, -0.05) is 0 Å². The van der Waals surface area contributed by atoms with Gasteiger partial charge in [-0.2, -0.15) is 5.10 Å². The van der Waals surface area contributed by atoms with E-state index in [1.165, 1.54) is 12.8 Å². The van der Waals surface area contributed by atoms with Crippen LogP contribution in [0.3, 0.4) is 0 Å². The SMILES string of the molecule is COc1ccc(/C(C)=N\NC(=O)c2cc(C)oc2C)cc1CN1CCCC1. The summed E-state index contributed by atoms with van der Waals surface area (Å²) >= 11 is 0. The van der Waals surface area contributed by atoms with Crippen LogP contribution in [-0.2, 0) is 6.54 Å². The molecule has 0 aliphatic carbocycles. The largest absolute Gasteiger partial charge is 0.496 e. The fourth-order valence-electron chi connectivity index (χ4n) is 3.42. The Morgan fingerprint density at radius 2 is 2.00 bits per heavy atom. The van der Waals surface area contributed by atoms with Gasteiger partial charge in [0, 0.05) is 12.1 Å². The zero-order valence-corrected chi connectivity index (χ0v) is 16.5. The molecule has 2 heterocycles. The first-order valence-electron chi connectivity index (χ1n) is 9.29. The predicted molar refractivity (Wildman–Crippen MR) is 105 cm³/mol. The van der Waals surface area contributed by atoms with Crippen molar-refractivity contribution in [1.82, 2.24) is 10.3 Å². The van der Waals surface area contributed by atoms with E-state index in [0.717, 1.165) is 42.2 Å². The third-order valence-corrected chi connectivity index (χ3v) is 4.90. The highest BCUT2D eigenvalue weighted by molar-refractivity contribution is 6.01. The second-order valence-electron chi connectivity index (χ2n) is 6.97. The molecule has 1 amide bonds. The van der Waals surface area contributed by atoms with E-state index in [-0.39, 0.29) is 5.91 Å². The first kappa shape index (κ1) is 19.2. The van der Waals surface area contributed by atoms with E-state index in [0.29, 0.717) is 17.1 Å². The molecule has 3 rings (SSSR count). The number of aryl methyl sites for hydroxylation is 2. The van der Waals surface area contributed by atoms with Crippen LogP contribution in [0.1, 0.15) is 52.8 Å². The molecule has 0 spiro atoms. The van der Waals surface area contributed by atoms with Gasteiger partial charge in [0.1, 0.15) is 17.3 Å². The van der Waals surface area contributed by atoms with Gasteiger partial charge in [0.25, 0.3) is 5.91 Å². The van der Waals surface area contributed by atoms with Gasteiger partial charge in [0.15, 0.2) is 0 Å². The van der Waals surface area contributed by atoms with E-state index in [1.807, 2.05) is 26.0 Å². The number of rotatable bonds is 6. The molecule has 1 aromatic carbocycles. The Bertz CT molecular complexity index is 848. The molecule has 1 aromatic heterocycles. The number of benzene rings is 1. The van der Waals surface area contributed by atoms with Crippen molar-refractivity contribution in [3.05, 3.63) is 52.5 Å². The van der Waals surface area contributed by atoms with Crippen LogP contribution in [0.2, 0.25) is 0 Å². The van der Waals surface area contributed by atoms with E-state index in [1.54, 1.807) is 20.1 Å². The van der Waals surface area contributed by atoms with Gasteiger partial charge >= 0.3 is 0 Å². The highest BCUT2D eigenvalue weighted by atomic mass is 16.5. The van der Waals surface area contributed by atoms with E-state index in [2.05, 4.69) is 21.5 Å². The minimum atomic E-state index is -0.269. The van der Waals surface area contributed by atoms with Crippen LogP contribution in [0.15, 0.2) is 33.8 Å². The molecule has 0 bridgehead atoms. The molecule has 1 N–H and O–H groups in total. The number of nitrogens with one attached hydrogen (secondary N) is 1. The maximum absolute atomic E-state index is 12.3. The Kier molecular flexibility index (Phi) is 5.96. The number of likely N-dealkylation sites (tertiary alicyclic amines) is 1. The van der Waals surface area contributed by atoms with Gasteiger partial charge in [-0.25, -0.2) is 5.43 Å². The average Bonchev–Trinajstić information content (AvgIpc) is 3.28. The Labute approximate surface area is 160 Å². The van der Waals surface area contributed by atoms with Crippen LogP contribution in [-0.4, -0.2) is 36.7 Å². The van der Waals surface area contributed by atoms with Crippen LogP contribution in [0.5, 0.6) is 5.75 Å². The number of nitrogens with zero attached hydrogens (tertiary/aromatic N) is 2. The fourth-order valence-corrected chi connectivity index (χ4v) is 3.42. The lowest BCUT2D eigenvalue weighted by Crippen LogP contribution is -2.20. The topological polar surface area (TPSA) is 67.1 Å². The van der Waals surface area contributed by atoms with Gasteiger partial charge in [0.2, 0.25) is 0 Å². The van der Waals surface area contributed by atoms with Gasteiger partial charge < -0.3 is 9.15 Å². The van der Waals surface area contributed by atoms with Gasteiger partial charge in [-0.15, -0.1) is 0 Å². The molecule has 144 valence electrons. The summed E-state index contributed by atoms with van der Waals surface area (Å²) in [6, 6.07) is 7.74. The van der Waals surface area contributed by atoms with Crippen LogP contribution < -0.4 is 10.2 Å². The average molecular weight is 369 g/mol. The molecule has 27 heavy (non-hydrogen) atoms. The summed E-state index contributed by atoms with van der Waals surface area (Å²) in [6.45, 7) is 8.59. The summed E-state index contributed by atoms with van der Waals surface area (Å²) in [5.74, 6) is 1.91. The molecular formula is C21H27N3O3. The summed E-state index contributed by atoms with van der Waals surface area (Å²) in [6.07, 6.45) is 2.50. The lowest BCUT2D eigenvalue weighted by atomic mass is 10.1. The van der Waals surface area contributed by atoms with Crippen molar-refractivity contribution in [1.29, 1.82) is 0 Å². The molecule has 0 radical (unpaired) electrons. The Balaban J connectivity index is 1.74. The van der Waals surface area contributed by atoms with Crippen LogP contribution in [0, 0.1) is 13.8 Å². The van der Waals surface area contributed by atoms with E-state index < -0.39 is 0 Å². The third-order valence-electron chi connectivity index (χ3n) is 4.90. The predicted octanol–water partition coefficient (Wildman–Crippen LogP) is 3.65. The molecule has 0 atom stereocenters. The first-order valence-corrected chi connectivity index (χ1v) is 9.29. The van der Waals surface area contributed by atoms with Crippen LogP contribution in [0.25, 0.3) is 0 Å². The quantitative estimate of drug-likeness (QED) is 0.623. The van der Waals surface area contributed by atoms with Crippen molar-refractivity contribution in [3.8, 4) is 5.75 Å². The first-order chi connectivity index (χ1) is 13.0. The molecule has 1 aliphatic rings. The van der Waals surface area contributed by atoms with E-state index >= 15 is 0 Å². The second kappa shape index (κ2) is 8.39. The van der Waals surface area contributed by atoms with Crippen molar-refractivity contribution < 1.29 is 13.9 Å². The maximum Gasteiger partial charge on any atom is 0.274 e. The van der Waals surface area contributed by atoms with Crippen molar-refractivity contribution >= 4 is 11.6 Å². The maximum atomic E-state index is 12.3. The molecule has 1 saturated heterocycles. The van der Waals surface area contributed by atoms with Gasteiger partial charge in [0.05, 0.1) is 18.4 Å². The number of carbonyl (C=O) groups excluding carboxylic acids is 1.